The molecule has 0 aliphatic carbocycles. The zero-order valence-electron chi connectivity index (χ0n) is 1.45. The van der Waals surface area contributed by atoms with Gasteiger partial charge in [-0.2, -0.15) is 0 Å². The third-order valence-corrected chi connectivity index (χ3v) is 0. The Bertz CT molecular complexity index is 8.00. The first-order valence-corrected chi connectivity index (χ1v) is 0. The largest absolute Gasteiger partial charge is 0.870 e. The first-order chi connectivity index (χ1) is 0. The molecule has 4 heteroatoms. The number of hydrogen-bond donors (Lipinski definition) is 0. The van der Waals surface area contributed by atoms with E-state index >= 15 is 0 Å². The molecule has 0 radical (unpaired) electrons. The summed E-state index contributed by atoms with van der Waals surface area (Å²) in [5.41, 5.74) is 0. The van der Waals surface area contributed by atoms with Gasteiger partial charge in [0.2, 0.25) is 0 Å². The standard InChI is InChI=1S/Ba.GeH4.Li.H2O.2H/h;1H4;;1H2;;/q+1;;;;;/p-1. The summed E-state index contributed by atoms with van der Waals surface area (Å²) in [5.74, 6) is 0. The quantitative estimate of drug-likeness (QED) is 0.417. The van der Waals surface area contributed by atoms with Crippen LogP contribution in [0.1, 0.15) is 0 Å². The average molecular weight is 240 g/mol. The molecule has 0 saturated carbocycles. The second kappa shape index (κ2) is 17.3. The van der Waals surface area contributed by atoms with E-state index in [1.54, 1.807) is 0 Å². The predicted octanol–water partition coefficient (Wildman–Crippen LogP) is -2.93. The van der Waals surface area contributed by atoms with Crippen molar-refractivity contribution < 1.29 is 5.48 Å². The van der Waals surface area contributed by atoms with Crippen LogP contribution in [0.3, 0.4) is 0 Å². The molecular formula is H7BaGeLiO. The maximum Gasteiger partial charge on any atom is -0.870 e. The smallest absolute Gasteiger partial charge is 0.870 e. The van der Waals surface area contributed by atoms with Crippen molar-refractivity contribution in [3.05, 3.63) is 0 Å². The van der Waals surface area contributed by atoms with Crippen LogP contribution < -0.4 is 0 Å². The molecule has 1 nitrogen and oxygen atoms in total. The molecule has 0 saturated heterocycles. The van der Waals surface area contributed by atoms with E-state index in [9.17, 15) is 0 Å². The maximum absolute atomic E-state index is 0. The van der Waals surface area contributed by atoms with Crippen LogP contribution in [0.4, 0.5) is 0 Å². The van der Waals surface area contributed by atoms with Crippen LogP contribution >= 0.6 is 0 Å². The fraction of sp³-hybridized carbons (Fsp3) is 0. The first kappa shape index (κ1) is 30.1. The molecule has 0 unspecified atom stereocenters. The summed E-state index contributed by atoms with van der Waals surface area (Å²) in [7, 11) is 0. The van der Waals surface area contributed by atoms with Gasteiger partial charge in [0.15, 0.2) is 0 Å². The first-order valence-electron chi connectivity index (χ1n) is 0. The van der Waals surface area contributed by atoms with Crippen LogP contribution in [0.5, 0.6) is 0 Å². The second-order valence-electron chi connectivity index (χ2n) is 0. The Morgan fingerprint density at radius 3 is 1.00 bits per heavy atom. The fourth-order valence-electron chi connectivity index (χ4n) is 0. The molecule has 0 bridgehead atoms. The molecule has 0 aromatic heterocycles. The second-order valence-corrected chi connectivity index (χ2v) is 0. The van der Waals surface area contributed by atoms with Crippen molar-refractivity contribution in [2.24, 2.45) is 0 Å². The van der Waals surface area contributed by atoms with Gasteiger partial charge in [-0.25, -0.2) is 0 Å². The van der Waals surface area contributed by atoms with Gasteiger partial charge in [-0.05, 0) is 0 Å². The third kappa shape index (κ3) is 8.82. The molecule has 0 aromatic rings. The van der Waals surface area contributed by atoms with Crippen molar-refractivity contribution >= 4 is 85.3 Å². The van der Waals surface area contributed by atoms with Crippen LogP contribution in [-0.2, 0) is 0 Å². The molecule has 0 aromatic carbocycles. The molecule has 0 aliphatic heterocycles. The normalized spacial score (nSPS) is 0. The monoisotopic (exact) mass is 242 g/mol. The summed E-state index contributed by atoms with van der Waals surface area (Å²) in [5, 5.41) is 0. The predicted molar refractivity (Wildman–Crippen MR) is 27.6 cm³/mol. The van der Waals surface area contributed by atoms with E-state index in [2.05, 4.69) is 0 Å². The minimum absolute atomic E-state index is 0. The van der Waals surface area contributed by atoms with E-state index < -0.39 is 0 Å². The van der Waals surface area contributed by atoms with Crippen LogP contribution in [0.2, 0.25) is 0 Å². The molecule has 0 amide bonds. The molecule has 0 heterocycles. The van der Waals surface area contributed by atoms with Crippen molar-refractivity contribution in [1.29, 1.82) is 0 Å². The summed E-state index contributed by atoms with van der Waals surface area (Å²) >= 11 is 0. The zero-order chi connectivity index (χ0) is 0. The minimum atomic E-state index is 0. The van der Waals surface area contributed by atoms with Gasteiger partial charge in [0.05, 0.1) is 0 Å². The molecule has 0 rings (SSSR count). The van der Waals surface area contributed by atoms with Crippen molar-refractivity contribution in [3.8, 4) is 0 Å². The summed E-state index contributed by atoms with van der Waals surface area (Å²) in [6.45, 7) is 0. The Labute approximate surface area is 88.8 Å². The van der Waals surface area contributed by atoms with E-state index in [0.717, 1.165) is 0 Å². The van der Waals surface area contributed by atoms with E-state index in [4.69, 9.17) is 0 Å². The maximum atomic E-state index is 0. The van der Waals surface area contributed by atoms with Gasteiger partial charge in [-0.3, -0.25) is 0 Å². The summed E-state index contributed by atoms with van der Waals surface area (Å²) in [4.78, 5) is 0. The topological polar surface area (TPSA) is 30.0 Å². The van der Waals surface area contributed by atoms with E-state index in [1.807, 2.05) is 0 Å². The van der Waals surface area contributed by atoms with Gasteiger partial charge in [-0.15, -0.1) is 0 Å². The van der Waals surface area contributed by atoms with Crippen molar-refractivity contribution in [3.63, 3.8) is 0 Å². The van der Waals surface area contributed by atoms with E-state index in [1.165, 1.54) is 0 Å². The molecule has 1 N–H and O–H groups in total. The Kier molecular flexibility index (Phi) is 130. The zero-order valence-corrected chi connectivity index (χ0v) is 7.73. The van der Waals surface area contributed by atoms with E-state index in [-0.39, 0.29) is 90.8 Å². The van der Waals surface area contributed by atoms with Crippen molar-refractivity contribution in [1.82, 2.24) is 0 Å². The third-order valence-electron chi connectivity index (χ3n) is 0. The van der Waals surface area contributed by atoms with E-state index in [0.29, 0.717) is 0 Å². The van der Waals surface area contributed by atoms with Gasteiger partial charge >= 0.3 is 85.3 Å². The van der Waals surface area contributed by atoms with Gasteiger partial charge in [0.25, 0.3) is 0 Å². The van der Waals surface area contributed by atoms with Crippen LogP contribution in [0, 0.1) is 0 Å². The van der Waals surface area contributed by atoms with Crippen molar-refractivity contribution in [2.75, 3.05) is 0 Å². The Balaban J connectivity index is 0. The minimum Gasteiger partial charge on any atom is -0.870 e. The molecule has 20 valence electrons. The van der Waals surface area contributed by atoms with Gasteiger partial charge in [0, 0.05) is 0 Å². The molecule has 0 spiro atoms. The molecular weight excluding hydrogens is 233 g/mol. The molecule has 0 fully saturated rings. The molecule has 4 heavy (non-hydrogen) atoms. The van der Waals surface area contributed by atoms with Gasteiger partial charge < -0.3 is 5.48 Å². The van der Waals surface area contributed by atoms with Gasteiger partial charge in [0.1, 0.15) is 0 Å². The SMILES string of the molecule is [BaH+].[GeH4].[LiH].[OH-]. The van der Waals surface area contributed by atoms with Crippen LogP contribution in [0.25, 0.3) is 0 Å². The van der Waals surface area contributed by atoms with Crippen LogP contribution in [-0.4, -0.2) is 90.8 Å². The van der Waals surface area contributed by atoms with Gasteiger partial charge in [-0.1, -0.05) is 0 Å². The Morgan fingerprint density at radius 1 is 1.00 bits per heavy atom. The number of rotatable bonds is 0. The fourth-order valence-corrected chi connectivity index (χ4v) is 0. The molecule has 0 atom stereocenters. The molecule has 0 aliphatic rings. The average Bonchev–Trinajstić information content (AvgIpc) is 0. The number of hydrogen-bond acceptors (Lipinski definition) is 1. The van der Waals surface area contributed by atoms with Crippen molar-refractivity contribution in [2.45, 2.75) is 0 Å². The Morgan fingerprint density at radius 2 is 1.00 bits per heavy atom. The summed E-state index contributed by atoms with van der Waals surface area (Å²) < 4.78 is 0. The Hall–Kier alpha value is 2.67. The summed E-state index contributed by atoms with van der Waals surface area (Å²) in [6, 6.07) is 0. The summed E-state index contributed by atoms with van der Waals surface area (Å²) in [6.07, 6.45) is 0. The van der Waals surface area contributed by atoms with Crippen LogP contribution in [0.15, 0.2) is 0 Å².